The lowest BCUT2D eigenvalue weighted by Crippen LogP contribution is -2.34. The molecule has 1 aromatic carbocycles. The highest BCUT2D eigenvalue weighted by atomic mass is 32.2. The van der Waals surface area contributed by atoms with Crippen molar-refractivity contribution >= 4 is 27.6 Å². The van der Waals surface area contributed by atoms with Crippen molar-refractivity contribution in [1.82, 2.24) is 0 Å². The Hall–Kier alpha value is -1.62. The van der Waals surface area contributed by atoms with Gasteiger partial charge in [0.05, 0.1) is 18.5 Å². The molecule has 0 aromatic heterocycles. The molecule has 84 valence electrons. The minimum atomic E-state index is -3.42. The highest BCUT2D eigenvalue weighted by Gasteiger charge is 2.23. The minimum Gasteiger partial charge on any atom is -0.293 e. The van der Waals surface area contributed by atoms with E-state index in [1.807, 2.05) is 0 Å². The topological polar surface area (TPSA) is 54.5 Å². The van der Waals surface area contributed by atoms with E-state index in [2.05, 4.69) is 0 Å². The lowest BCUT2D eigenvalue weighted by Gasteiger charge is -2.21. The van der Waals surface area contributed by atoms with Crippen LogP contribution in [0.15, 0.2) is 30.3 Å². The molecular weight excluding hydrogens is 226 g/mol. The van der Waals surface area contributed by atoms with Gasteiger partial charge < -0.3 is 0 Å². The Morgan fingerprint density at radius 1 is 1.19 bits per heavy atom. The predicted octanol–water partition coefficient (Wildman–Crippen LogP) is 1.05. The summed E-state index contributed by atoms with van der Waals surface area (Å²) < 4.78 is 24.3. The number of fused-ring (bicyclic) bond motifs is 1. The summed E-state index contributed by atoms with van der Waals surface area (Å²) in [5.74, 6) is -0.221. The van der Waals surface area contributed by atoms with Crippen LogP contribution in [-0.4, -0.2) is 27.0 Å². The van der Waals surface area contributed by atoms with Crippen LogP contribution in [0.5, 0.6) is 0 Å². The second-order valence-electron chi connectivity index (χ2n) is 3.63. The van der Waals surface area contributed by atoms with Crippen molar-refractivity contribution in [2.75, 3.05) is 17.1 Å². The quantitative estimate of drug-likeness (QED) is 0.733. The van der Waals surface area contributed by atoms with Gasteiger partial charge in [-0.3, -0.25) is 9.10 Å². The van der Waals surface area contributed by atoms with Gasteiger partial charge in [0.1, 0.15) is 0 Å². The van der Waals surface area contributed by atoms with Gasteiger partial charge in [-0.15, -0.1) is 0 Å². The molecule has 1 aliphatic heterocycles. The largest absolute Gasteiger partial charge is 0.293 e. The van der Waals surface area contributed by atoms with Crippen LogP contribution in [-0.2, 0) is 14.8 Å². The number of rotatable bonds is 1. The molecule has 16 heavy (non-hydrogen) atoms. The smallest absolute Gasteiger partial charge is 0.232 e. The summed E-state index contributed by atoms with van der Waals surface area (Å²) in [6.07, 6.45) is 4.15. The van der Waals surface area contributed by atoms with E-state index >= 15 is 0 Å². The van der Waals surface area contributed by atoms with Gasteiger partial charge in [0.15, 0.2) is 5.78 Å². The van der Waals surface area contributed by atoms with Gasteiger partial charge in [0.25, 0.3) is 0 Å². The molecule has 0 spiro atoms. The Bertz CT molecular complexity index is 560. The minimum absolute atomic E-state index is 0.133. The average Bonchev–Trinajstić information content (AvgIpc) is 2.38. The Balaban J connectivity index is 2.62. The summed E-state index contributed by atoms with van der Waals surface area (Å²) in [4.78, 5) is 11.4. The zero-order valence-corrected chi connectivity index (χ0v) is 9.57. The monoisotopic (exact) mass is 237 g/mol. The third-order valence-electron chi connectivity index (χ3n) is 2.35. The Morgan fingerprint density at radius 3 is 2.56 bits per heavy atom. The first kappa shape index (κ1) is 10.9. The van der Waals surface area contributed by atoms with Crippen LogP contribution in [0.25, 0.3) is 6.08 Å². The fraction of sp³-hybridized carbons (Fsp3) is 0.182. The fourth-order valence-corrected chi connectivity index (χ4v) is 2.50. The first-order chi connectivity index (χ1) is 7.48. The highest BCUT2D eigenvalue weighted by Crippen LogP contribution is 2.25. The molecule has 0 unspecified atom stereocenters. The van der Waals surface area contributed by atoms with Gasteiger partial charge in [-0.05, 0) is 23.8 Å². The first-order valence-corrected chi connectivity index (χ1v) is 6.61. The Labute approximate surface area is 94.2 Å². The number of carbonyl (C=O) groups is 1. The van der Waals surface area contributed by atoms with Crippen LogP contribution < -0.4 is 4.31 Å². The molecule has 0 fully saturated rings. The lowest BCUT2D eigenvalue weighted by molar-refractivity contribution is -0.113. The maximum Gasteiger partial charge on any atom is 0.232 e. The fourth-order valence-electron chi connectivity index (χ4n) is 1.61. The molecule has 1 heterocycles. The van der Waals surface area contributed by atoms with E-state index in [0.29, 0.717) is 5.69 Å². The van der Waals surface area contributed by atoms with Crippen LogP contribution in [0.2, 0.25) is 0 Å². The zero-order valence-electron chi connectivity index (χ0n) is 8.75. The lowest BCUT2D eigenvalue weighted by atomic mass is 10.2. The second kappa shape index (κ2) is 3.75. The van der Waals surface area contributed by atoms with Gasteiger partial charge in [-0.1, -0.05) is 18.2 Å². The van der Waals surface area contributed by atoms with Crippen LogP contribution in [0.4, 0.5) is 5.69 Å². The van der Waals surface area contributed by atoms with Crippen LogP contribution in [0, 0.1) is 0 Å². The third-order valence-corrected chi connectivity index (χ3v) is 3.48. The number of para-hydroxylation sites is 1. The van der Waals surface area contributed by atoms with Crippen LogP contribution in [0.3, 0.4) is 0 Å². The maximum atomic E-state index is 11.6. The van der Waals surface area contributed by atoms with E-state index < -0.39 is 10.0 Å². The van der Waals surface area contributed by atoms with E-state index in [1.54, 1.807) is 30.3 Å². The molecule has 0 aliphatic carbocycles. The molecule has 1 aromatic rings. The molecule has 0 N–H and O–H groups in total. The van der Waals surface area contributed by atoms with E-state index in [9.17, 15) is 13.2 Å². The standard InChI is InChI=1S/C11H11NO3S/c1-16(14,15)12-8-10(13)7-6-9-4-2-3-5-11(9)12/h2-7H,8H2,1H3. The van der Waals surface area contributed by atoms with E-state index in [-0.39, 0.29) is 12.3 Å². The molecule has 0 atom stereocenters. The molecule has 0 saturated heterocycles. The van der Waals surface area contributed by atoms with Crippen LogP contribution >= 0.6 is 0 Å². The summed E-state index contributed by atoms with van der Waals surface area (Å²) in [7, 11) is -3.42. The Morgan fingerprint density at radius 2 is 1.88 bits per heavy atom. The van der Waals surface area contributed by atoms with Crippen molar-refractivity contribution < 1.29 is 13.2 Å². The third kappa shape index (κ3) is 1.99. The summed E-state index contributed by atoms with van der Waals surface area (Å²) in [5, 5.41) is 0. The summed E-state index contributed by atoms with van der Waals surface area (Å²) in [5.41, 5.74) is 1.28. The summed E-state index contributed by atoms with van der Waals surface area (Å²) in [6.45, 7) is -0.133. The van der Waals surface area contributed by atoms with Crippen LogP contribution in [0.1, 0.15) is 5.56 Å². The van der Waals surface area contributed by atoms with Crippen molar-refractivity contribution in [2.45, 2.75) is 0 Å². The predicted molar refractivity (Wildman–Crippen MR) is 62.7 cm³/mol. The molecule has 4 nitrogen and oxygen atoms in total. The van der Waals surface area contributed by atoms with Gasteiger partial charge in [0.2, 0.25) is 10.0 Å². The number of ketones is 1. The average molecular weight is 237 g/mol. The van der Waals surface area contributed by atoms with E-state index in [1.165, 1.54) is 6.08 Å². The van der Waals surface area contributed by atoms with Gasteiger partial charge in [0, 0.05) is 0 Å². The summed E-state index contributed by atoms with van der Waals surface area (Å²) >= 11 is 0. The normalized spacial score (nSPS) is 15.8. The van der Waals surface area contributed by atoms with Crippen molar-refractivity contribution in [2.24, 2.45) is 0 Å². The molecule has 1 aliphatic rings. The Kier molecular flexibility index (Phi) is 2.55. The van der Waals surface area contributed by atoms with Crippen molar-refractivity contribution in [3.05, 3.63) is 35.9 Å². The van der Waals surface area contributed by atoms with E-state index in [4.69, 9.17) is 0 Å². The van der Waals surface area contributed by atoms with Gasteiger partial charge >= 0.3 is 0 Å². The first-order valence-electron chi connectivity index (χ1n) is 4.76. The molecular formula is C11H11NO3S. The molecule has 0 amide bonds. The molecule has 0 bridgehead atoms. The second-order valence-corrected chi connectivity index (χ2v) is 5.53. The van der Waals surface area contributed by atoms with Gasteiger partial charge in [-0.2, -0.15) is 0 Å². The summed E-state index contributed by atoms with van der Waals surface area (Å²) in [6, 6.07) is 7.03. The maximum absolute atomic E-state index is 11.6. The van der Waals surface area contributed by atoms with Crippen molar-refractivity contribution in [3.63, 3.8) is 0 Å². The number of nitrogens with zero attached hydrogens (tertiary/aromatic N) is 1. The highest BCUT2D eigenvalue weighted by molar-refractivity contribution is 7.92. The van der Waals surface area contributed by atoms with Crippen molar-refractivity contribution in [1.29, 1.82) is 0 Å². The van der Waals surface area contributed by atoms with Crippen molar-refractivity contribution in [3.8, 4) is 0 Å². The molecule has 0 saturated carbocycles. The zero-order chi connectivity index (χ0) is 11.8. The number of sulfonamides is 1. The number of carbonyl (C=O) groups excluding carboxylic acids is 1. The number of hydrogen-bond donors (Lipinski definition) is 0. The van der Waals surface area contributed by atoms with E-state index in [0.717, 1.165) is 16.1 Å². The number of anilines is 1. The number of benzene rings is 1. The molecule has 5 heteroatoms. The molecule has 0 radical (unpaired) electrons. The SMILES string of the molecule is CS(=O)(=O)N1CC(=O)C=Cc2ccccc21. The number of hydrogen-bond acceptors (Lipinski definition) is 3. The van der Waals surface area contributed by atoms with Gasteiger partial charge in [-0.25, -0.2) is 8.42 Å². The molecule has 2 rings (SSSR count).